The lowest BCUT2D eigenvalue weighted by atomic mass is 9.99. The van der Waals surface area contributed by atoms with Gasteiger partial charge in [0, 0.05) is 28.9 Å². The van der Waals surface area contributed by atoms with E-state index in [0.29, 0.717) is 34.4 Å². The number of rotatable bonds is 5. The Hall–Kier alpha value is -2.40. The Labute approximate surface area is 169 Å². The third kappa shape index (κ3) is 2.98. The topological polar surface area (TPSA) is 59.8 Å². The molecule has 0 bridgehead atoms. The minimum Gasteiger partial charge on any atom is -0.349 e. The second kappa shape index (κ2) is 6.89. The van der Waals surface area contributed by atoms with Gasteiger partial charge in [0.05, 0.1) is 18.0 Å². The van der Waals surface area contributed by atoms with Gasteiger partial charge >= 0.3 is 0 Å². The summed E-state index contributed by atoms with van der Waals surface area (Å²) in [6, 6.07) is 9.88. The van der Waals surface area contributed by atoms with Crippen LogP contribution in [0.2, 0.25) is 5.02 Å². The molecule has 2 fully saturated rings. The van der Waals surface area contributed by atoms with Gasteiger partial charge in [0.25, 0.3) is 5.91 Å². The van der Waals surface area contributed by atoms with Crippen molar-refractivity contribution >= 4 is 28.5 Å². The van der Waals surface area contributed by atoms with Gasteiger partial charge < -0.3 is 9.88 Å². The molecular formula is C22H23ClN4O. The molecule has 2 saturated carbocycles. The van der Waals surface area contributed by atoms with Crippen LogP contribution < -0.4 is 5.32 Å². The first kappa shape index (κ1) is 17.7. The van der Waals surface area contributed by atoms with Crippen molar-refractivity contribution in [2.75, 3.05) is 0 Å². The van der Waals surface area contributed by atoms with Crippen LogP contribution in [0.15, 0.2) is 49.1 Å². The average molecular weight is 395 g/mol. The van der Waals surface area contributed by atoms with E-state index in [1.807, 2.05) is 24.8 Å². The van der Waals surface area contributed by atoms with Gasteiger partial charge in [-0.15, -0.1) is 0 Å². The van der Waals surface area contributed by atoms with Crippen molar-refractivity contribution in [1.29, 1.82) is 0 Å². The van der Waals surface area contributed by atoms with Crippen molar-refractivity contribution in [3.8, 4) is 0 Å². The lowest BCUT2D eigenvalue weighted by Crippen LogP contribution is -2.37. The van der Waals surface area contributed by atoms with Gasteiger partial charge in [-0.3, -0.25) is 9.78 Å². The summed E-state index contributed by atoms with van der Waals surface area (Å²) in [7, 11) is 0. The van der Waals surface area contributed by atoms with E-state index in [-0.39, 0.29) is 11.9 Å². The second-order valence-corrected chi connectivity index (χ2v) is 8.48. The van der Waals surface area contributed by atoms with E-state index in [1.165, 1.54) is 5.52 Å². The molecule has 28 heavy (non-hydrogen) atoms. The molecule has 5 nitrogen and oxygen atoms in total. The van der Waals surface area contributed by atoms with Gasteiger partial charge in [0.15, 0.2) is 0 Å². The number of nitrogens with one attached hydrogen (secondary N) is 1. The summed E-state index contributed by atoms with van der Waals surface area (Å²) in [6.45, 7) is 2.16. The van der Waals surface area contributed by atoms with Crippen molar-refractivity contribution in [2.24, 2.45) is 17.8 Å². The Bertz CT molecular complexity index is 1000. The Morgan fingerprint density at radius 2 is 2.00 bits per heavy atom. The second-order valence-electron chi connectivity index (χ2n) is 8.04. The zero-order valence-electron chi connectivity index (χ0n) is 15.8. The van der Waals surface area contributed by atoms with Gasteiger partial charge in [0.2, 0.25) is 0 Å². The average Bonchev–Trinajstić information content (AvgIpc) is 3.07. The highest BCUT2D eigenvalue weighted by atomic mass is 35.5. The highest BCUT2D eigenvalue weighted by molar-refractivity contribution is 6.30. The molecule has 1 aromatic carbocycles. The highest BCUT2D eigenvalue weighted by Gasteiger charge is 2.59. The minimum atomic E-state index is -0.00172. The molecule has 2 aliphatic rings. The van der Waals surface area contributed by atoms with Gasteiger partial charge in [-0.2, -0.15) is 0 Å². The van der Waals surface area contributed by atoms with Crippen molar-refractivity contribution < 1.29 is 4.79 Å². The summed E-state index contributed by atoms with van der Waals surface area (Å²) >= 11 is 5.93. The number of carbonyl (C=O) groups is 1. The fourth-order valence-electron chi connectivity index (χ4n) is 5.18. The lowest BCUT2D eigenvalue weighted by Gasteiger charge is -2.22. The predicted octanol–water partition coefficient (Wildman–Crippen LogP) is 4.49. The van der Waals surface area contributed by atoms with Crippen LogP contribution in [0.3, 0.4) is 0 Å². The van der Waals surface area contributed by atoms with E-state index < -0.39 is 0 Å². The Morgan fingerprint density at radius 1 is 1.25 bits per heavy atom. The van der Waals surface area contributed by atoms with Crippen molar-refractivity contribution in [2.45, 2.75) is 38.3 Å². The number of halogens is 1. The summed E-state index contributed by atoms with van der Waals surface area (Å²) < 4.78 is 2.31. The fourth-order valence-corrected chi connectivity index (χ4v) is 5.31. The first-order valence-corrected chi connectivity index (χ1v) is 10.4. The van der Waals surface area contributed by atoms with Crippen molar-refractivity contribution in [1.82, 2.24) is 19.9 Å². The molecule has 0 spiro atoms. The zero-order valence-corrected chi connectivity index (χ0v) is 16.5. The molecule has 144 valence electrons. The fraction of sp³-hybridized carbons (Fsp3) is 0.409. The number of hydrogen-bond donors (Lipinski definition) is 1. The molecule has 1 N–H and O–H groups in total. The van der Waals surface area contributed by atoms with E-state index in [0.717, 1.165) is 24.8 Å². The van der Waals surface area contributed by atoms with Gasteiger partial charge in [-0.25, -0.2) is 4.98 Å². The van der Waals surface area contributed by atoms with Gasteiger partial charge in [-0.1, -0.05) is 18.5 Å². The van der Waals surface area contributed by atoms with Crippen LogP contribution in [-0.2, 0) is 0 Å². The van der Waals surface area contributed by atoms with Gasteiger partial charge in [-0.05, 0) is 67.3 Å². The van der Waals surface area contributed by atoms with Crippen LogP contribution >= 0.6 is 11.6 Å². The van der Waals surface area contributed by atoms with E-state index in [1.54, 1.807) is 24.3 Å². The lowest BCUT2D eigenvalue weighted by molar-refractivity contribution is 0.0927. The van der Waals surface area contributed by atoms with E-state index in [9.17, 15) is 4.79 Å². The van der Waals surface area contributed by atoms with E-state index in [2.05, 4.69) is 26.8 Å². The zero-order chi connectivity index (χ0) is 19.3. The molecular weight excluding hydrogens is 372 g/mol. The van der Waals surface area contributed by atoms with Crippen LogP contribution in [0, 0.1) is 17.8 Å². The summed E-state index contributed by atoms with van der Waals surface area (Å²) in [4.78, 5) is 21.2. The molecule has 3 aromatic rings. The standard InChI is InChI=1S/C22H23ClN4O/c1-2-18(26-22(28)13-3-5-14(23)6-4-13)21-16-9-15(10-17(16)21)27-12-25-19-11-24-8-7-20(19)27/h3-8,11-12,15-18,21H,2,9-10H2,1H3,(H,26,28)/t15?,16-,17?,18?,21?/m0/s1. The number of nitrogens with zero attached hydrogens (tertiary/aromatic N) is 3. The van der Waals surface area contributed by atoms with Crippen molar-refractivity contribution in [3.63, 3.8) is 0 Å². The predicted molar refractivity (Wildman–Crippen MR) is 109 cm³/mol. The summed E-state index contributed by atoms with van der Waals surface area (Å²) in [5, 5.41) is 3.91. The quantitative estimate of drug-likeness (QED) is 0.693. The Morgan fingerprint density at radius 3 is 2.71 bits per heavy atom. The third-order valence-electron chi connectivity index (χ3n) is 6.58. The normalized spacial score (nSPS) is 26.8. The molecule has 4 unspecified atom stereocenters. The molecule has 0 radical (unpaired) electrons. The first-order valence-electron chi connectivity index (χ1n) is 9.98. The minimum absolute atomic E-state index is 0.00172. The number of aromatic nitrogens is 3. The maximum absolute atomic E-state index is 12.6. The number of imidazole rings is 1. The maximum atomic E-state index is 12.6. The Balaban J connectivity index is 1.24. The van der Waals surface area contributed by atoms with Crippen LogP contribution in [0.1, 0.15) is 42.6 Å². The number of fused-ring (bicyclic) bond motifs is 2. The largest absolute Gasteiger partial charge is 0.349 e. The molecule has 1 amide bonds. The van der Waals surface area contributed by atoms with Gasteiger partial charge in [0.1, 0.15) is 5.52 Å². The molecule has 5 rings (SSSR count). The molecule has 2 aromatic heterocycles. The van der Waals surface area contributed by atoms with Crippen molar-refractivity contribution in [3.05, 3.63) is 59.6 Å². The number of hydrogen-bond acceptors (Lipinski definition) is 3. The van der Waals surface area contributed by atoms with Crippen LogP contribution in [0.25, 0.3) is 11.0 Å². The number of benzene rings is 1. The summed E-state index contributed by atoms with van der Waals surface area (Å²) in [5.74, 6) is 1.98. The summed E-state index contributed by atoms with van der Waals surface area (Å²) in [5.41, 5.74) is 2.80. The van der Waals surface area contributed by atoms with Crippen LogP contribution in [-0.4, -0.2) is 26.5 Å². The SMILES string of the molecule is CCC(NC(=O)c1ccc(Cl)cc1)C1C2CC(n3cnc4cnccc43)C[C@@H]21. The summed E-state index contributed by atoms with van der Waals surface area (Å²) in [6.07, 6.45) is 8.90. The number of pyridine rings is 1. The molecule has 0 saturated heterocycles. The van der Waals surface area contributed by atoms with E-state index in [4.69, 9.17) is 11.6 Å². The smallest absolute Gasteiger partial charge is 0.251 e. The third-order valence-corrected chi connectivity index (χ3v) is 6.84. The molecule has 2 aliphatic carbocycles. The molecule has 2 heterocycles. The number of amides is 1. The molecule has 6 heteroatoms. The first-order chi connectivity index (χ1) is 13.7. The van der Waals surface area contributed by atoms with Crippen LogP contribution in [0.4, 0.5) is 0 Å². The monoisotopic (exact) mass is 394 g/mol. The highest BCUT2D eigenvalue weighted by Crippen LogP contribution is 2.62. The van der Waals surface area contributed by atoms with Crippen LogP contribution in [0.5, 0.6) is 0 Å². The van der Waals surface area contributed by atoms with E-state index >= 15 is 0 Å². The molecule has 0 aliphatic heterocycles. The molecule has 5 atom stereocenters. The number of carbonyl (C=O) groups excluding carboxylic acids is 1. The Kier molecular flexibility index (Phi) is 4.35. The maximum Gasteiger partial charge on any atom is 0.251 e.